The monoisotopic (exact) mass is 210 g/mol. The molecule has 0 aromatic heterocycles. The first kappa shape index (κ1) is 10.7. The number of carbonyl (C=O) groups is 1. The van der Waals surface area contributed by atoms with Gasteiger partial charge in [0.25, 0.3) is 0 Å². The molecule has 3 unspecified atom stereocenters. The molecular formula is C12H18O3. The Morgan fingerprint density at radius 2 is 2.27 bits per heavy atom. The van der Waals surface area contributed by atoms with Crippen molar-refractivity contribution in [1.29, 1.82) is 0 Å². The predicted molar refractivity (Wildman–Crippen MR) is 56.4 cm³/mol. The summed E-state index contributed by atoms with van der Waals surface area (Å²) < 4.78 is 10.7. The van der Waals surface area contributed by atoms with Crippen molar-refractivity contribution in [2.24, 2.45) is 5.92 Å². The third-order valence-corrected chi connectivity index (χ3v) is 3.32. The van der Waals surface area contributed by atoms with E-state index >= 15 is 0 Å². The fraction of sp³-hybridized carbons (Fsp3) is 0.750. The molecule has 0 aromatic carbocycles. The first-order valence-electron chi connectivity index (χ1n) is 5.65. The lowest BCUT2D eigenvalue weighted by Gasteiger charge is -2.46. The van der Waals surface area contributed by atoms with Crippen LogP contribution < -0.4 is 0 Å². The summed E-state index contributed by atoms with van der Waals surface area (Å²) in [7, 11) is 0. The molecule has 3 fully saturated rings. The Labute approximate surface area is 90.4 Å². The Hall–Kier alpha value is -0.830. The van der Waals surface area contributed by atoms with Crippen molar-refractivity contribution in [3.8, 4) is 0 Å². The number of fused-ring (bicyclic) bond motifs is 2. The lowest BCUT2D eigenvalue weighted by Crippen LogP contribution is -2.47. The molecule has 15 heavy (non-hydrogen) atoms. The van der Waals surface area contributed by atoms with Crippen LogP contribution in [0.2, 0.25) is 0 Å². The predicted octanol–water partition coefficient (Wildman–Crippen LogP) is 2.06. The Morgan fingerprint density at radius 1 is 1.53 bits per heavy atom. The van der Waals surface area contributed by atoms with Gasteiger partial charge in [0.1, 0.15) is 0 Å². The Kier molecular flexibility index (Phi) is 3.10. The van der Waals surface area contributed by atoms with Gasteiger partial charge >= 0.3 is 5.97 Å². The maximum atomic E-state index is 11.1. The van der Waals surface area contributed by atoms with E-state index in [1.807, 2.05) is 0 Å². The van der Waals surface area contributed by atoms with E-state index in [0.717, 1.165) is 6.42 Å². The highest BCUT2D eigenvalue weighted by atomic mass is 16.5. The van der Waals surface area contributed by atoms with Gasteiger partial charge in [0.15, 0.2) is 0 Å². The maximum absolute atomic E-state index is 11.1. The first-order valence-corrected chi connectivity index (χ1v) is 5.65. The highest BCUT2D eigenvalue weighted by Crippen LogP contribution is 2.40. The molecule has 2 heterocycles. The quantitative estimate of drug-likeness (QED) is 0.526. The lowest BCUT2D eigenvalue weighted by molar-refractivity contribution is -0.188. The van der Waals surface area contributed by atoms with Crippen LogP contribution in [0.1, 0.15) is 32.6 Å². The smallest absolute Gasteiger partial charge is 0.333 e. The number of esters is 1. The third-order valence-electron chi connectivity index (χ3n) is 3.32. The van der Waals surface area contributed by atoms with Gasteiger partial charge in [-0.2, -0.15) is 0 Å². The molecule has 2 saturated heterocycles. The zero-order chi connectivity index (χ0) is 10.8. The van der Waals surface area contributed by atoms with Crippen LogP contribution in [0.15, 0.2) is 12.2 Å². The molecule has 0 radical (unpaired) electrons. The number of rotatable bonds is 4. The van der Waals surface area contributed by atoms with Crippen LogP contribution in [0.5, 0.6) is 0 Å². The fourth-order valence-corrected chi connectivity index (χ4v) is 2.33. The van der Waals surface area contributed by atoms with Gasteiger partial charge in [0.05, 0.1) is 18.8 Å². The highest BCUT2D eigenvalue weighted by molar-refractivity contribution is 5.86. The third kappa shape index (κ3) is 2.40. The normalized spacial score (nSPS) is 33.0. The van der Waals surface area contributed by atoms with Crippen LogP contribution in [0.4, 0.5) is 0 Å². The molecule has 2 aliphatic heterocycles. The van der Waals surface area contributed by atoms with E-state index in [1.165, 1.54) is 19.3 Å². The van der Waals surface area contributed by atoms with E-state index < -0.39 is 0 Å². The number of ether oxygens (including phenoxy) is 2. The van der Waals surface area contributed by atoms with Gasteiger partial charge in [-0.1, -0.05) is 6.58 Å². The molecule has 3 aliphatic rings. The molecular weight excluding hydrogens is 192 g/mol. The van der Waals surface area contributed by atoms with Gasteiger partial charge in [0, 0.05) is 12.0 Å². The van der Waals surface area contributed by atoms with Crippen LogP contribution in [-0.2, 0) is 14.3 Å². The zero-order valence-electron chi connectivity index (χ0n) is 9.20. The van der Waals surface area contributed by atoms with Gasteiger partial charge in [-0.05, 0) is 32.1 Å². The van der Waals surface area contributed by atoms with Gasteiger partial charge in [0.2, 0.25) is 0 Å². The van der Waals surface area contributed by atoms with Crippen molar-refractivity contribution >= 4 is 5.97 Å². The summed E-state index contributed by atoms with van der Waals surface area (Å²) in [5.74, 6) is 0.311. The summed E-state index contributed by atoms with van der Waals surface area (Å²) in [6.07, 6.45) is 5.50. The van der Waals surface area contributed by atoms with Crippen LogP contribution in [0.25, 0.3) is 0 Å². The molecule has 0 amide bonds. The van der Waals surface area contributed by atoms with Crippen molar-refractivity contribution < 1.29 is 14.3 Å². The van der Waals surface area contributed by atoms with Gasteiger partial charge in [-0.25, -0.2) is 4.79 Å². The Morgan fingerprint density at radius 3 is 2.80 bits per heavy atom. The molecule has 1 aliphatic carbocycles. The first-order chi connectivity index (χ1) is 7.16. The van der Waals surface area contributed by atoms with E-state index in [9.17, 15) is 4.79 Å². The second kappa shape index (κ2) is 4.35. The molecule has 3 rings (SSSR count). The SMILES string of the molecule is C=C(C)C(=O)OCCC1CCC2CC1O2. The number of hydrogen-bond donors (Lipinski definition) is 0. The summed E-state index contributed by atoms with van der Waals surface area (Å²) in [6, 6.07) is 0. The second-order valence-electron chi connectivity index (χ2n) is 4.57. The van der Waals surface area contributed by atoms with Crippen LogP contribution in [-0.4, -0.2) is 24.8 Å². The molecule has 0 aromatic rings. The van der Waals surface area contributed by atoms with Gasteiger partial charge < -0.3 is 9.47 Å². The molecule has 0 spiro atoms. The molecule has 2 bridgehead atoms. The zero-order valence-corrected chi connectivity index (χ0v) is 9.20. The molecule has 84 valence electrons. The largest absolute Gasteiger partial charge is 0.462 e. The minimum Gasteiger partial charge on any atom is -0.462 e. The highest BCUT2D eigenvalue weighted by Gasteiger charge is 2.40. The van der Waals surface area contributed by atoms with E-state index in [1.54, 1.807) is 6.92 Å². The number of carbonyl (C=O) groups excluding carboxylic acids is 1. The van der Waals surface area contributed by atoms with Crippen LogP contribution in [0.3, 0.4) is 0 Å². The van der Waals surface area contributed by atoms with Crippen molar-refractivity contribution in [3.05, 3.63) is 12.2 Å². The molecule has 1 saturated carbocycles. The standard InChI is InChI=1S/C12H18O3/c1-8(2)12(13)14-6-5-9-3-4-10-7-11(9)15-10/h9-11H,1,3-7H2,2H3. The van der Waals surface area contributed by atoms with E-state index in [0.29, 0.717) is 30.3 Å². The van der Waals surface area contributed by atoms with Gasteiger partial charge in [-0.3, -0.25) is 0 Å². The molecule has 3 nitrogen and oxygen atoms in total. The molecule has 0 N–H and O–H groups in total. The summed E-state index contributed by atoms with van der Waals surface area (Å²) in [5.41, 5.74) is 0.471. The minimum absolute atomic E-state index is 0.279. The van der Waals surface area contributed by atoms with Crippen molar-refractivity contribution in [2.75, 3.05) is 6.61 Å². The van der Waals surface area contributed by atoms with Crippen LogP contribution >= 0.6 is 0 Å². The van der Waals surface area contributed by atoms with Gasteiger partial charge in [-0.15, -0.1) is 0 Å². The van der Waals surface area contributed by atoms with Crippen molar-refractivity contribution in [3.63, 3.8) is 0 Å². The topological polar surface area (TPSA) is 35.5 Å². The molecule has 3 heteroatoms. The van der Waals surface area contributed by atoms with Crippen molar-refractivity contribution in [2.45, 2.75) is 44.8 Å². The van der Waals surface area contributed by atoms with E-state index in [4.69, 9.17) is 9.47 Å². The summed E-state index contributed by atoms with van der Waals surface area (Å²) in [5, 5.41) is 0. The van der Waals surface area contributed by atoms with E-state index in [-0.39, 0.29) is 5.97 Å². The average Bonchev–Trinajstić information content (AvgIpc) is 2.16. The van der Waals surface area contributed by atoms with Crippen LogP contribution in [0, 0.1) is 5.92 Å². The minimum atomic E-state index is -0.279. The Bertz CT molecular complexity index is 263. The average molecular weight is 210 g/mol. The summed E-state index contributed by atoms with van der Waals surface area (Å²) >= 11 is 0. The second-order valence-corrected chi connectivity index (χ2v) is 4.57. The summed E-state index contributed by atoms with van der Waals surface area (Å²) in [6.45, 7) is 5.71. The fourth-order valence-electron chi connectivity index (χ4n) is 2.33. The van der Waals surface area contributed by atoms with Crippen molar-refractivity contribution in [1.82, 2.24) is 0 Å². The molecule has 3 atom stereocenters. The van der Waals surface area contributed by atoms with E-state index in [2.05, 4.69) is 6.58 Å². The summed E-state index contributed by atoms with van der Waals surface area (Å²) in [4.78, 5) is 11.1. The number of hydrogen-bond acceptors (Lipinski definition) is 3. The lowest BCUT2D eigenvalue weighted by atomic mass is 9.78. The Balaban J connectivity index is 1.65. The maximum Gasteiger partial charge on any atom is 0.333 e.